The Balaban J connectivity index is 1.24. The molecule has 0 spiro atoms. The standard InChI is InChI=1S/C34H35N3O2/c1-21-18-25-26(34(4,5)17-16-33(25,2)3)20-22(21)19-23-14-15-30(39-23)32(38)37-27-11-7-6-10-24(27)31-35-28-12-8-9-13-29(28)36-31/h6-15,18,20H,16-17,19H2,1-5H3,(H,35,36)(H,37,38). The highest BCUT2D eigenvalue weighted by Crippen LogP contribution is 2.46. The first-order valence-electron chi connectivity index (χ1n) is 13.7. The van der Waals surface area contributed by atoms with Gasteiger partial charge < -0.3 is 14.7 Å². The van der Waals surface area contributed by atoms with Crippen LogP contribution in [-0.4, -0.2) is 15.9 Å². The van der Waals surface area contributed by atoms with Gasteiger partial charge in [0.15, 0.2) is 5.76 Å². The zero-order valence-electron chi connectivity index (χ0n) is 23.3. The number of imidazole rings is 1. The van der Waals surface area contributed by atoms with E-state index in [2.05, 4.69) is 57.1 Å². The molecule has 3 aromatic carbocycles. The third-order valence-electron chi connectivity index (χ3n) is 8.38. The number of benzene rings is 3. The Kier molecular flexibility index (Phi) is 5.98. The monoisotopic (exact) mass is 517 g/mol. The lowest BCUT2D eigenvalue weighted by molar-refractivity contribution is 0.0995. The maximum atomic E-state index is 13.2. The summed E-state index contributed by atoms with van der Waals surface area (Å²) in [6.07, 6.45) is 3.02. The molecule has 5 heteroatoms. The van der Waals surface area contributed by atoms with E-state index < -0.39 is 0 Å². The van der Waals surface area contributed by atoms with E-state index in [4.69, 9.17) is 9.40 Å². The lowest BCUT2D eigenvalue weighted by Gasteiger charge is -2.42. The van der Waals surface area contributed by atoms with E-state index in [0.29, 0.717) is 23.7 Å². The number of hydrogen-bond acceptors (Lipinski definition) is 3. The Hall–Kier alpha value is -4.12. The zero-order valence-corrected chi connectivity index (χ0v) is 23.3. The molecule has 1 amide bonds. The first kappa shape index (κ1) is 25.2. The molecular formula is C34H35N3O2. The summed E-state index contributed by atoms with van der Waals surface area (Å²) in [4.78, 5) is 21.3. The quantitative estimate of drug-likeness (QED) is 0.246. The van der Waals surface area contributed by atoms with Crippen LogP contribution in [0.15, 0.2) is 77.2 Å². The number of furan rings is 1. The van der Waals surface area contributed by atoms with Crippen molar-refractivity contribution in [3.8, 4) is 11.4 Å². The molecule has 1 aliphatic rings. The van der Waals surface area contributed by atoms with Crippen molar-refractivity contribution in [2.75, 3.05) is 5.32 Å². The first-order valence-corrected chi connectivity index (χ1v) is 13.7. The summed E-state index contributed by atoms with van der Waals surface area (Å²) in [6, 6.07) is 24.0. The highest BCUT2D eigenvalue weighted by Gasteiger charge is 2.37. The Bertz CT molecular complexity index is 1670. The molecule has 0 radical (unpaired) electrons. The van der Waals surface area contributed by atoms with E-state index in [1.165, 1.54) is 35.1 Å². The number of fused-ring (bicyclic) bond motifs is 2. The first-order chi connectivity index (χ1) is 18.6. The molecule has 5 nitrogen and oxygen atoms in total. The van der Waals surface area contributed by atoms with Gasteiger partial charge >= 0.3 is 0 Å². The fourth-order valence-corrected chi connectivity index (χ4v) is 5.80. The zero-order chi connectivity index (χ0) is 27.4. The number of hydrogen-bond donors (Lipinski definition) is 2. The molecule has 5 aromatic rings. The molecule has 0 atom stereocenters. The van der Waals surface area contributed by atoms with E-state index in [0.717, 1.165) is 22.4 Å². The molecule has 2 aromatic heterocycles. The molecular weight excluding hydrogens is 482 g/mol. The van der Waals surface area contributed by atoms with Gasteiger partial charge in [0.25, 0.3) is 5.91 Å². The number of aromatic nitrogens is 2. The van der Waals surface area contributed by atoms with E-state index in [1.807, 2.05) is 54.6 Å². The van der Waals surface area contributed by atoms with Gasteiger partial charge in [-0.25, -0.2) is 4.98 Å². The average Bonchev–Trinajstić information content (AvgIpc) is 3.55. The number of anilines is 1. The maximum Gasteiger partial charge on any atom is 0.291 e. The van der Waals surface area contributed by atoms with Crippen LogP contribution >= 0.6 is 0 Å². The molecule has 0 saturated heterocycles. The van der Waals surface area contributed by atoms with E-state index in [9.17, 15) is 4.79 Å². The number of carbonyl (C=O) groups is 1. The largest absolute Gasteiger partial charge is 0.456 e. The van der Waals surface area contributed by atoms with Gasteiger partial charge in [-0.15, -0.1) is 0 Å². The molecule has 39 heavy (non-hydrogen) atoms. The molecule has 0 bridgehead atoms. The molecule has 1 aliphatic carbocycles. The summed E-state index contributed by atoms with van der Waals surface area (Å²) in [5.41, 5.74) is 9.07. The van der Waals surface area contributed by atoms with E-state index in [-0.39, 0.29) is 16.7 Å². The number of para-hydroxylation sites is 3. The minimum atomic E-state index is -0.283. The number of aromatic amines is 1. The molecule has 0 fully saturated rings. The van der Waals surface area contributed by atoms with Gasteiger partial charge in [0, 0.05) is 12.0 Å². The van der Waals surface area contributed by atoms with Gasteiger partial charge in [0.1, 0.15) is 11.6 Å². The van der Waals surface area contributed by atoms with E-state index >= 15 is 0 Å². The van der Waals surface area contributed by atoms with Crippen molar-refractivity contribution < 1.29 is 9.21 Å². The van der Waals surface area contributed by atoms with Gasteiger partial charge in [-0.05, 0) is 89.2 Å². The van der Waals surface area contributed by atoms with Crippen LogP contribution in [0.3, 0.4) is 0 Å². The fourth-order valence-electron chi connectivity index (χ4n) is 5.80. The number of amides is 1. The second kappa shape index (κ2) is 9.26. The molecule has 6 rings (SSSR count). The topological polar surface area (TPSA) is 70.9 Å². The van der Waals surface area contributed by atoms with Crippen LogP contribution in [0.25, 0.3) is 22.4 Å². The third kappa shape index (κ3) is 4.67. The molecule has 0 aliphatic heterocycles. The number of carbonyl (C=O) groups excluding carboxylic acids is 1. The van der Waals surface area contributed by atoms with Gasteiger partial charge in [-0.2, -0.15) is 0 Å². The van der Waals surface area contributed by atoms with Crippen molar-refractivity contribution in [2.24, 2.45) is 0 Å². The summed E-state index contributed by atoms with van der Waals surface area (Å²) in [5.74, 6) is 1.50. The number of rotatable bonds is 5. The predicted octanol–water partition coefficient (Wildman–Crippen LogP) is 8.32. The van der Waals surface area contributed by atoms with E-state index in [1.54, 1.807) is 6.07 Å². The maximum absolute atomic E-state index is 13.2. The van der Waals surface area contributed by atoms with Gasteiger partial charge in [0.2, 0.25) is 0 Å². The van der Waals surface area contributed by atoms with Gasteiger partial charge in [-0.3, -0.25) is 4.79 Å². The van der Waals surface area contributed by atoms with Crippen molar-refractivity contribution in [1.82, 2.24) is 9.97 Å². The smallest absolute Gasteiger partial charge is 0.291 e. The molecule has 198 valence electrons. The highest BCUT2D eigenvalue weighted by molar-refractivity contribution is 6.04. The lowest BCUT2D eigenvalue weighted by Crippen LogP contribution is -2.34. The number of nitrogens with one attached hydrogen (secondary N) is 2. The van der Waals surface area contributed by atoms with Crippen LogP contribution < -0.4 is 5.32 Å². The highest BCUT2D eigenvalue weighted by atomic mass is 16.3. The second-order valence-electron chi connectivity index (χ2n) is 12.1. The summed E-state index contributed by atoms with van der Waals surface area (Å²) >= 11 is 0. The van der Waals surface area contributed by atoms with Crippen molar-refractivity contribution >= 4 is 22.6 Å². The predicted molar refractivity (Wildman–Crippen MR) is 157 cm³/mol. The number of aryl methyl sites for hydroxylation is 1. The van der Waals surface area contributed by atoms with Crippen LogP contribution in [-0.2, 0) is 17.3 Å². The summed E-state index contributed by atoms with van der Waals surface area (Å²) in [6.45, 7) is 11.6. The van der Waals surface area contributed by atoms with Crippen LogP contribution in [0.4, 0.5) is 5.69 Å². The molecule has 2 N–H and O–H groups in total. The van der Waals surface area contributed by atoms with Crippen molar-refractivity contribution in [3.05, 3.63) is 107 Å². The second-order valence-corrected chi connectivity index (χ2v) is 12.1. The Morgan fingerprint density at radius 3 is 2.38 bits per heavy atom. The van der Waals surface area contributed by atoms with Crippen LogP contribution in [0, 0.1) is 6.92 Å². The molecule has 0 saturated carbocycles. The van der Waals surface area contributed by atoms with Gasteiger partial charge in [-0.1, -0.05) is 64.1 Å². The Labute approximate surface area is 229 Å². The Morgan fingerprint density at radius 2 is 1.62 bits per heavy atom. The minimum absolute atomic E-state index is 0.148. The summed E-state index contributed by atoms with van der Waals surface area (Å²) < 4.78 is 6.07. The lowest BCUT2D eigenvalue weighted by atomic mass is 9.62. The summed E-state index contributed by atoms with van der Waals surface area (Å²) in [7, 11) is 0. The van der Waals surface area contributed by atoms with Crippen LogP contribution in [0.2, 0.25) is 0 Å². The minimum Gasteiger partial charge on any atom is -0.456 e. The average molecular weight is 518 g/mol. The SMILES string of the molecule is Cc1cc2c(cc1Cc1ccc(C(=O)Nc3ccccc3-c3nc4ccccc4[nH]3)o1)C(C)(C)CCC2(C)C. The van der Waals surface area contributed by atoms with Crippen LogP contribution in [0.5, 0.6) is 0 Å². The Morgan fingerprint density at radius 1 is 0.923 bits per heavy atom. The number of H-pyrrole nitrogens is 1. The molecule has 0 unspecified atom stereocenters. The summed E-state index contributed by atoms with van der Waals surface area (Å²) in [5, 5.41) is 3.03. The third-order valence-corrected chi connectivity index (χ3v) is 8.38. The van der Waals surface area contributed by atoms with Crippen molar-refractivity contribution in [3.63, 3.8) is 0 Å². The van der Waals surface area contributed by atoms with Crippen LogP contribution in [0.1, 0.15) is 79.1 Å². The number of nitrogens with zero attached hydrogens (tertiary/aromatic N) is 1. The van der Waals surface area contributed by atoms with Crippen molar-refractivity contribution in [1.29, 1.82) is 0 Å². The molecule has 2 heterocycles. The fraction of sp³-hybridized carbons (Fsp3) is 0.294. The van der Waals surface area contributed by atoms with Gasteiger partial charge in [0.05, 0.1) is 16.7 Å². The normalized spacial score (nSPS) is 15.7. The van der Waals surface area contributed by atoms with Crippen molar-refractivity contribution in [2.45, 2.75) is 64.7 Å².